The summed E-state index contributed by atoms with van der Waals surface area (Å²) in [5.41, 5.74) is -1.20. The topological polar surface area (TPSA) is 134 Å². The van der Waals surface area contributed by atoms with Crippen LogP contribution in [0.2, 0.25) is 0 Å². The Kier molecular flexibility index (Phi) is 10.3. The summed E-state index contributed by atoms with van der Waals surface area (Å²) in [6.45, 7) is 4.74. The van der Waals surface area contributed by atoms with Crippen molar-refractivity contribution in [2.75, 3.05) is 5.32 Å². The van der Waals surface area contributed by atoms with E-state index in [0.29, 0.717) is 6.42 Å². The summed E-state index contributed by atoms with van der Waals surface area (Å²) in [5, 5.41) is 16.2. The van der Waals surface area contributed by atoms with E-state index in [1.54, 1.807) is 51.1 Å². The lowest BCUT2D eigenvalue weighted by atomic mass is 10.0. The lowest BCUT2D eigenvalue weighted by molar-refractivity contribution is -0.140. The summed E-state index contributed by atoms with van der Waals surface area (Å²) in [7, 11) is 0. The Morgan fingerprint density at radius 3 is 2.13 bits per heavy atom. The SMILES string of the molecule is CC(C)(C)OC(=O)NC(CC(=O)O)C(=O)NC(CCc1ccccc1)C(=O)Nc1cccc(C(F)(F)F)c1. The van der Waals surface area contributed by atoms with Gasteiger partial charge in [0.05, 0.1) is 12.0 Å². The van der Waals surface area contributed by atoms with Crippen LogP contribution in [0, 0.1) is 0 Å². The van der Waals surface area contributed by atoms with E-state index in [9.17, 15) is 37.5 Å². The highest BCUT2D eigenvalue weighted by molar-refractivity contribution is 5.99. The van der Waals surface area contributed by atoms with Crippen molar-refractivity contribution in [3.8, 4) is 0 Å². The van der Waals surface area contributed by atoms with Gasteiger partial charge in [0, 0.05) is 5.69 Å². The molecule has 2 atom stereocenters. The summed E-state index contributed by atoms with van der Waals surface area (Å²) < 4.78 is 44.3. The van der Waals surface area contributed by atoms with Crippen LogP contribution in [0.1, 0.15) is 44.7 Å². The third-order valence-electron chi connectivity index (χ3n) is 5.04. The number of carboxylic acids is 1. The normalized spacial score (nSPS) is 13.1. The summed E-state index contributed by atoms with van der Waals surface area (Å²) in [6.07, 6.45) is -6.12. The molecule has 2 unspecified atom stereocenters. The summed E-state index contributed by atoms with van der Waals surface area (Å²) >= 11 is 0. The number of hydrogen-bond acceptors (Lipinski definition) is 5. The number of anilines is 1. The molecule has 2 aromatic rings. The zero-order valence-corrected chi connectivity index (χ0v) is 21.1. The van der Waals surface area contributed by atoms with Crippen LogP contribution in [0.4, 0.5) is 23.7 Å². The van der Waals surface area contributed by atoms with Crippen molar-refractivity contribution in [2.45, 2.75) is 63.9 Å². The fourth-order valence-electron chi connectivity index (χ4n) is 3.33. The highest BCUT2D eigenvalue weighted by Gasteiger charge is 2.32. The maximum Gasteiger partial charge on any atom is 0.416 e. The first kappa shape index (κ1) is 30.1. The van der Waals surface area contributed by atoms with E-state index in [4.69, 9.17) is 4.74 Å². The van der Waals surface area contributed by atoms with Crippen LogP contribution in [0.3, 0.4) is 0 Å². The van der Waals surface area contributed by atoms with Gasteiger partial charge in [-0.05, 0) is 57.4 Å². The number of rotatable bonds is 10. The maximum absolute atomic E-state index is 13.1. The van der Waals surface area contributed by atoms with Crippen molar-refractivity contribution in [3.05, 3.63) is 65.7 Å². The molecule has 2 aromatic carbocycles. The third kappa shape index (κ3) is 10.5. The second kappa shape index (κ2) is 12.9. The first-order chi connectivity index (χ1) is 17.6. The van der Waals surface area contributed by atoms with Crippen molar-refractivity contribution >= 4 is 29.6 Å². The lowest BCUT2D eigenvalue weighted by Gasteiger charge is -2.24. The van der Waals surface area contributed by atoms with Crippen molar-refractivity contribution in [2.24, 2.45) is 0 Å². The zero-order chi connectivity index (χ0) is 28.5. The van der Waals surface area contributed by atoms with Gasteiger partial charge in [0.25, 0.3) is 0 Å². The molecule has 0 aliphatic heterocycles. The summed E-state index contributed by atoms with van der Waals surface area (Å²) in [6, 6.07) is 10.1. The molecule has 9 nitrogen and oxygen atoms in total. The largest absolute Gasteiger partial charge is 0.481 e. The van der Waals surface area contributed by atoms with Gasteiger partial charge >= 0.3 is 18.2 Å². The number of nitrogens with one attached hydrogen (secondary N) is 3. The van der Waals surface area contributed by atoms with Crippen molar-refractivity contribution < 1.29 is 42.2 Å². The number of carbonyl (C=O) groups excluding carboxylic acids is 3. The third-order valence-corrected chi connectivity index (χ3v) is 5.04. The molecule has 0 spiro atoms. The number of aliphatic carboxylic acids is 1. The van der Waals surface area contributed by atoms with Gasteiger partial charge in [0.2, 0.25) is 11.8 Å². The fraction of sp³-hybridized carbons (Fsp3) is 0.385. The van der Waals surface area contributed by atoms with E-state index in [1.165, 1.54) is 6.07 Å². The number of aryl methyl sites for hydroxylation is 1. The molecule has 3 amide bonds. The number of hydrogen-bond donors (Lipinski definition) is 4. The predicted octanol–water partition coefficient (Wildman–Crippen LogP) is 4.13. The molecule has 0 radical (unpaired) electrons. The number of halogens is 3. The van der Waals surface area contributed by atoms with Crippen LogP contribution < -0.4 is 16.0 Å². The minimum atomic E-state index is -4.63. The highest BCUT2D eigenvalue weighted by Crippen LogP contribution is 2.30. The molecule has 0 saturated carbocycles. The summed E-state index contributed by atoms with van der Waals surface area (Å²) in [4.78, 5) is 49.5. The standard InChI is InChI=1S/C26H30F3N3O6/c1-25(2,3)38-24(37)32-20(15-21(33)34)23(36)31-19(13-12-16-8-5-4-6-9-16)22(35)30-18-11-7-10-17(14-18)26(27,28)29/h4-11,14,19-20H,12-13,15H2,1-3H3,(H,30,35)(H,31,36)(H,32,37)(H,33,34). The van der Waals surface area contributed by atoms with Crippen LogP contribution in [-0.4, -0.2) is 46.7 Å². The van der Waals surface area contributed by atoms with Crippen LogP contribution in [0.5, 0.6) is 0 Å². The van der Waals surface area contributed by atoms with Gasteiger partial charge in [0.15, 0.2) is 0 Å². The molecule has 2 rings (SSSR count). The van der Waals surface area contributed by atoms with Crippen LogP contribution in [-0.2, 0) is 31.7 Å². The van der Waals surface area contributed by atoms with E-state index >= 15 is 0 Å². The van der Waals surface area contributed by atoms with Gasteiger partial charge in [0.1, 0.15) is 17.7 Å². The number of carboxylic acid groups (broad SMARTS) is 1. The molecule has 38 heavy (non-hydrogen) atoms. The van der Waals surface area contributed by atoms with E-state index < -0.39 is 59.7 Å². The minimum absolute atomic E-state index is 0.0345. The predicted molar refractivity (Wildman–Crippen MR) is 132 cm³/mol. The van der Waals surface area contributed by atoms with Crippen LogP contribution >= 0.6 is 0 Å². The molecule has 0 fully saturated rings. The zero-order valence-electron chi connectivity index (χ0n) is 21.1. The van der Waals surface area contributed by atoms with Crippen molar-refractivity contribution in [3.63, 3.8) is 0 Å². The van der Waals surface area contributed by atoms with Gasteiger partial charge in [-0.3, -0.25) is 14.4 Å². The Labute approximate surface area is 217 Å². The molecule has 0 heterocycles. The number of benzene rings is 2. The average molecular weight is 538 g/mol. The molecule has 0 bridgehead atoms. The second-order valence-electron chi connectivity index (χ2n) is 9.45. The molecule has 0 aliphatic carbocycles. The Bertz CT molecular complexity index is 1130. The Morgan fingerprint density at radius 1 is 0.895 bits per heavy atom. The second-order valence-corrected chi connectivity index (χ2v) is 9.45. The molecule has 0 saturated heterocycles. The van der Waals surface area contributed by atoms with Gasteiger partial charge < -0.3 is 25.8 Å². The molecular weight excluding hydrogens is 507 g/mol. The molecule has 12 heteroatoms. The molecule has 0 aromatic heterocycles. The number of amides is 3. The van der Waals surface area contributed by atoms with Crippen molar-refractivity contribution in [1.29, 1.82) is 0 Å². The molecular formula is C26H30F3N3O6. The first-order valence-electron chi connectivity index (χ1n) is 11.7. The molecule has 206 valence electrons. The lowest BCUT2D eigenvalue weighted by Crippen LogP contribution is -2.54. The minimum Gasteiger partial charge on any atom is -0.481 e. The van der Waals surface area contributed by atoms with Crippen LogP contribution in [0.15, 0.2) is 54.6 Å². The number of alkyl halides is 3. The van der Waals surface area contributed by atoms with E-state index in [1.807, 2.05) is 0 Å². The smallest absolute Gasteiger partial charge is 0.416 e. The number of ether oxygens (including phenoxy) is 1. The number of alkyl carbamates (subject to hydrolysis) is 1. The quantitative estimate of drug-likeness (QED) is 0.360. The highest BCUT2D eigenvalue weighted by atomic mass is 19.4. The van der Waals surface area contributed by atoms with E-state index in [2.05, 4.69) is 16.0 Å². The Morgan fingerprint density at radius 2 is 1.55 bits per heavy atom. The maximum atomic E-state index is 13.1. The fourth-order valence-corrected chi connectivity index (χ4v) is 3.33. The summed E-state index contributed by atoms with van der Waals surface area (Å²) in [5.74, 6) is -3.19. The van der Waals surface area contributed by atoms with Gasteiger partial charge in [-0.2, -0.15) is 13.2 Å². The van der Waals surface area contributed by atoms with Gasteiger partial charge in [-0.15, -0.1) is 0 Å². The van der Waals surface area contributed by atoms with Crippen LogP contribution in [0.25, 0.3) is 0 Å². The van der Waals surface area contributed by atoms with Gasteiger partial charge in [-0.1, -0.05) is 36.4 Å². The average Bonchev–Trinajstić information content (AvgIpc) is 2.80. The monoisotopic (exact) mass is 537 g/mol. The van der Waals surface area contributed by atoms with Crippen molar-refractivity contribution in [1.82, 2.24) is 10.6 Å². The van der Waals surface area contributed by atoms with E-state index in [0.717, 1.165) is 23.8 Å². The Balaban J connectivity index is 2.24. The van der Waals surface area contributed by atoms with Gasteiger partial charge in [-0.25, -0.2) is 4.79 Å². The molecule has 0 aliphatic rings. The molecule has 4 N–H and O–H groups in total. The van der Waals surface area contributed by atoms with E-state index in [-0.39, 0.29) is 12.1 Å². The Hall–Kier alpha value is -4.09. The number of carbonyl (C=O) groups is 4. The first-order valence-corrected chi connectivity index (χ1v) is 11.7.